The van der Waals surface area contributed by atoms with Crippen molar-refractivity contribution in [3.63, 3.8) is 0 Å². The SMILES string of the molecule is Cc1nn(-c2ccc(F)cc2)c2sc(C(=O)N3CCC(N)C(C)(C)C3)cc12. The van der Waals surface area contributed by atoms with Gasteiger partial charge in [-0.15, -0.1) is 11.3 Å². The quantitative estimate of drug-likeness (QED) is 0.730. The van der Waals surface area contributed by atoms with Gasteiger partial charge in [0.2, 0.25) is 0 Å². The molecule has 1 saturated heterocycles. The van der Waals surface area contributed by atoms with Crippen molar-refractivity contribution in [1.82, 2.24) is 14.7 Å². The van der Waals surface area contributed by atoms with Gasteiger partial charge in [0.25, 0.3) is 5.91 Å². The summed E-state index contributed by atoms with van der Waals surface area (Å²) in [5.74, 6) is -0.243. The van der Waals surface area contributed by atoms with E-state index >= 15 is 0 Å². The number of carbonyl (C=O) groups is 1. The fourth-order valence-electron chi connectivity index (χ4n) is 3.61. The van der Waals surface area contributed by atoms with Crippen LogP contribution in [0.4, 0.5) is 4.39 Å². The molecule has 2 aromatic heterocycles. The molecule has 1 aliphatic rings. The average Bonchev–Trinajstić information content (AvgIpc) is 3.18. The topological polar surface area (TPSA) is 64.2 Å². The Balaban J connectivity index is 1.69. The summed E-state index contributed by atoms with van der Waals surface area (Å²) in [4.78, 5) is 16.6. The summed E-state index contributed by atoms with van der Waals surface area (Å²) in [5, 5.41) is 5.52. The van der Waals surface area contributed by atoms with Crippen LogP contribution in [0.2, 0.25) is 0 Å². The van der Waals surface area contributed by atoms with Gasteiger partial charge in [0.15, 0.2) is 0 Å². The molecule has 1 aromatic carbocycles. The summed E-state index contributed by atoms with van der Waals surface area (Å²) in [7, 11) is 0. The number of nitrogens with zero attached hydrogens (tertiary/aromatic N) is 3. The van der Waals surface area contributed by atoms with Crippen LogP contribution in [0.5, 0.6) is 0 Å². The summed E-state index contributed by atoms with van der Waals surface area (Å²) in [6.45, 7) is 7.48. The van der Waals surface area contributed by atoms with E-state index in [0.717, 1.165) is 28.0 Å². The first-order valence-corrected chi connectivity index (χ1v) is 9.88. The summed E-state index contributed by atoms with van der Waals surface area (Å²) in [6.07, 6.45) is 0.812. The van der Waals surface area contributed by atoms with Crippen molar-refractivity contribution in [3.8, 4) is 5.69 Å². The molecule has 2 N–H and O–H groups in total. The molecule has 27 heavy (non-hydrogen) atoms. The minimum atomic E-state index is -0.285. The van der Waals surface area contributed by atoms with Gasteiger partial charge in [-0.25, -0.2) is 9.07 Å². The lowest BCUT2D eigenvalue weighted by atomic mass is 9.79. The molecular formula is C20H23FN4OS. The van der Waals surface area contributed by atoms with Crippen molar-refractivity contribution in [2.75, 3.05) is 13.1 Å². The fraction of sp³-hybridized carbons (Fsp3) is 0.400. The van der Waals surface area contributed by atoms with E-state index in [1.807, 2.05) is 17.9 Å². The van der Waals surface area contributed by atoms with Crippen LogP contribution in [0.3, 0.4) is 0 Å². The lowest BCUT2D eigenvalue weighted by Crippen LogP contribution is -2.53. The number of rotatable bonds is 2. The van der Waals surface area contributed by atoms with Crippen LogP contribution in [0.15, 0.2) is 30.3 Å². The highest BCUT2D eigenvalue weighted by Crippen LogP contribution is 2.33. The molecule has 0 spiro atoms. The Kier molecular flexibility index (Phi) is 4.31. The Hall–Kier alpha value is -2.25. The number of hydrogen-bond donors (Lipinski definition) is 1. The van der Waals surface area contributed by atoms with E-state index in [1.165, 1.54) is 23.5 Å². The number of aromatic nitrogens is 2. The van der Waals surface area contributed by atoms with Crippen LogP contribution in [0, 0.1) is 18.2 Å². The second kappa shape index (κ2) is 6.42. The molecule has 0 saturated carbocycles. The van der Waals surface area contributed by atoms with Crippen molar-refractivity contribution in [3.05, 3.63) is 46.7 Å². The van der Waals surface area contributed by atoms with Crippen LogP contribution in [0.1, 0.15) is 35.6 Å². The molecule has 5 nitrogen and oxygen atoms in total. The summed E-state index contributed by atoms with van der Waals surface area (Å²) < 4.78 is 15.0. The Bertz CT molecular complexity index is 1010. The lowest BCUT2D eigenvalue weighted by Gasteiger charge is -2.42. The number of fused-ring (bicyclic) bond motifs is 1. The molecule has 3 heterocycles. The van der Waals surface area contributed by atoms with Crippen molar-refractivity contribution in [1.29, 1.82) is 0 Å². The first-order valence-electron chi connectivity index (χ1n) is 9.06. The number of benzene rings is 1. The van der Waals surface area contributed by atoms with Crippen LogP contribution >= 0.6 is 11.3 Å². The fourth-order valence-corrected chi connectivity index (χ4v) is 4.76. The Morgan fingerprint density at radius 2 is 2.04 bits per heavy atom. The number of likely N-dealkylation sites (tertiary alicyclic amines) is 1. The van der Waals surface area contributed by atoms with Crippen molar-refractivity contribution < 1.29 is 9.18 Å². The zero-order valence-electron chi connectivity index (χ0n) is 15.7. The van der Waals surface area contributed by atoms with Gasteiger partial charge in [0, 0.05) is 24.5 Å². The summed E-state index contributed by atoms with van der Waals surface area (Å²) in [6, 6.07) is 8.24. The third kappa shape index (κ3) is 3.15. The molecule has 1 aliphatic heterocycles. The number of nitrogens with two attached hydrogens (primary N) is 1. The first kappa shape index (κ1) is 18.1. The van der Waals surface area contributed by atoms with Crippen LogP contribution < -0.4 is 5.73 Å². The van der Waals surface area contributed by atoms with Gasteiger partial charge in [-0.3, -0.25) is 4.79 Å². The second-order valence-corrected chi connectivity index (χ2v) is 8.94. The van der Waals surface area contributed by atoms with Crippen LogP contribution in [0.25, 0.3) is 15.9 Å². The minimum Gasteiger partial charge on any atom is -0.337 e. The summed E-state index contributed by atoms with van der Waals surface area (Å²) >= 11 is 1.43. The van der Waals surface area contributed by atoms with Gasteiger partial charge in [-0.2, -0.15) is 5.10 Å². The zero-order valence-corrected chi connectivity index (χ0v) is 16.5. The van der Waals surface area contributed by atoms with Gasteiger partial charge >= 0.3 is 0 Å². The van der Waals surface area contributed by atoms with E-state index in [4.69, 9.17) is 5.73 Å². The largest absolute Gasteiger partial charge is 0.337 e. The maximum absolute atomic E-state index is 13.2. The van der Waals surface area contributed by atoms with Gasteiger partial charge in [-0.1, -0.05) is 13.8 Å². The predicted octanol–water partition coefficient (Wildman–Crippen LogP) is 3.73. The van der Waals surface area contributed by atoms with Crippen molar-refractivity contribution >= 4 is 27.5 Å². The van der Waals surface area contributed by atoms with E-state index in [0.29, 0.717) is 18.0 Å². The number of thiophene rings is 1. The number of hydrogen-bond acceptors (Lipinski definition) is 4. The van der Waals surface area contributed by atoms with Gasteiger partial charge in [-0.05, 0) is 49.1 Å². The molecule has 1 atom stereocenters. The van der Waals surface area contributed by atoms with E-state index < -0.39 is 0 Å². The standard InChI is InChI=1S/C20H23FN4OS/c1-12-15-10-16(18(26)24-9-8-17(22)20(2,3)11-24)27-19(15)25(23-12)14-6-4-13(21)5-7-14/h4-7,10,17H,8-9,11,22H2,1-3H3. The first-order chi connectivity index (χ1) is 12.8. The second-order valence-electron chi connectivity index (χ2n) is 7.91. The van der Waals surface area contributed by atoms with E-state index in [2.05, 4.69) is 18.9 Å². The Morgan fingerprint density at radius 3 is 2.70 bits per heavy atom. The number of halogens is 1. The normalized spacial score (nSPS) is 19.6. The van der Waals surface area contributed by atoms with E-state index in [-0.39, 0.29) is 23.2 Å². The highest BCUT2D eigenvalue weighted by atomic mass is 32.1. The van der Waals surface area contributed by atoms with E-state index in [9.17, 15) is 9.18 Å². The average molecular weight is 386 g/mol. The van der Waals surface area contributed by atoms with Crippen molar-refractivity contribution in [2.24, 2.45) is 11.1 Å². The minimum absolute atomic E-state index is 0.0428. The number of piperidine rings is 1. The molecule has 0 bridgehead atoms. The molecule has 1 unspecified atom stereocenters. The smallest absolute Gasteiger partial charge is 0.264 e. The third-order valence-electron chi connectivity index (χ3n) is 5.43. The predicted molar refractivity (Wildman–Crippen MR) is 106 cm³/mol. The third-order valence-corrected chi connectivity index (χ3v) is 6.52. The van der Waals surface area contributed by atoms with Crippen molar-refractivity contribution in [2.45, 2.75) is 33.2 Å². The Labute approximate surface area is 161 Å². The lowest BCUT2D eigenvalue weighted by molar-refractivity contribution is 0.0537. The molecule has 0 aliphatic carbocycles. The van der Waals surface area contributed by atoms with Crippen LogP contribution in [-0.2, 0) is 0 Å². The molecule has 3 aromatic rings. The zero-order chi connectivity index (χ0) is 19.3. The molecule has 4 rings (SSSR count). The molecule has 1 amide bonds. The van der Waals surface area contributed by atoms with Crippen LogP contribution in [-0.4, -0.2) is 39.7 Å². The number of aryl methyl sites for hydroxylation is 1. The molecule has 7 heteroatoms. The maximum Gasteiger partial charge on any atom is 0.264 e. The van der Waals surface area contributed by atoms with E-state index in [1.54, 1.807) is 16.8 Å². The van der Waals surface area contributed by atoms with Gasteiger partial charge < -0.3 is 10.6 Å². The summed E-state index contributed by atoms with van der Waals surface area (Å²) in [5.41, 5.74) is 7.74. The van der Waals surface area contributed by atoms with Gasteiger partial charge in [0.05, 0.1) is 16.3 Å². The highest BCUT2D eigenvalue weighted by molar-refractivity contribution is 7.20. The monoisotopic (exact) mass is 386 g/mol. The molecule has 1 fully saturated rings. The Morgan fingerprint density at radius 1 is 1.33 bits per heavy atom. The molecule has 142 valence electrons. The maximum atomic E-state index is 13.2. The molecular weight excluding hydrogens is 363 g/mol. The highest BCUT2D eigenvalue weighted by Gasteiger charge is 2.36. The number of carbonyl (C=O) groups excluding carboxylic acids is 1. The number of amides is 1. The van der Waals surface area contributed by atoms with Gasteiger partial charge in [0.1, 0.15) is 10.6 Å². The molecule has 0 radical (unpaired) electrons.